The van der Waals surface area contributed by atoms with Gasteiger partial charge in [-0.05, 0) is 12.1 Å². The van der Waals surface area contributed by atoms with Crippen LogP contribution < -0.4 is 5.73 Å². The molecule has 0 aliphatic heterocycles. The van der Waals surface area contributed by atoms with Crippen molar-refractivity contribution in [1.29, 1.82) is 0 Å². The molecule has 0 aromatic carbocycles. The maximum absolute atomic E-state index is 13.0. The first-order valence-electron chi connectivity index (χ1n) is 3.58. The van der Waals surface area contributed by atoms with Crippen molar-refractivity contribution in [1.82, 2.24) is 4.98 Å². The van der Waals surface area contributed by atoms with Crippen LogP contribution in [0.3, 0.4) is 0 Å². The number of aromatic nitrogens is 1. The van der Waals surface area contributed by atoms with E-state index >= 15 is 0 Å². The van der Waals surface area contributed by atoms with Crippen molar-refractivity contribution in [3.63, 3.8) is 0 Å². The van der Waals surface area contributed by atoms with Crippen molar-refractivity contribution in [3.8, 4) is 0 Å². The van der Waals surface area contributed by atoms with Crippen LogP contribution in [0.2, 0.25) is 0 Å². The summed E-state index contributed by atoms with van der Waals surface area (Å²) < 4.78 is 17.4. The fourth-order valence-corrected chi connectivity index (χ4v) is 0.918. The van der Waals surface area contributed by atoms with Gasteiger partial charge in [-0.15, -0.1) is 0 Å². The van der Waals surface area contributed by atoms with Crippen molar-refractivity contribution in [2.45, 2.75) is 6.36 Å². The number of hydrogen-bond donors (Lipinski definition) is 1. The van der Waals surface area contributed by atoms with Gasteiger partial charge in [0.15, 0.2) is 0 Å². The molecule has 0 saturated heterocycles. The van der Waals surface area contributed by atoms with Crippen LogP contribution in [0.25, 0.3) is 0 Å². The highest BCUT2D eigenvalue weighted by Gasteiger charge is 2.17. The van der Waals surface area contributed by atoms with Crippen LogP contribution >= 0.6 is 0 Å². The Labute approximate surface area is 74.5 Å². The summed E-state index contributed by atoms with van der Waals surface area (Å²) in [6, 6.07) is 2.90. The van der Waals surface area contributed by atoms with Gasteiger partial charge in [-0.25, -0.2) is 4.39 Å². The van der Waals surface area contributed by atoms with Crippen molar-refractivity contribution >= 4 is 5.91 Å². The first kappa shape index (κ1) is 9.60. The number of nitrogens with two attached hydrogens (primary N) is 1. The lowest BCUT2D eigenvalue weighted by Gasteiger charge is -2.07. The Hall–Kier alpha value is -1.49. The first-order chi connectivity index (χ1) is 6.16. The third-order valence-corrected chi connectivity index (χ3v) is 1.53. The summed E-state index contributed by atoms with van der Waals surface area (Å²) in [5.41, 5.74) is 4.96. The van der Waals surface area contributed by atoms with E-state index in [2.05, 4.69) is 9.72 Å². The van der Waals surface area contributed by atoms with Crippen molar-refractivity contribution in [2.24, 2.45) is 5.73 Å². The van der Waals surface area contributed by atoms with E-state index in [0.717, 1.165) is 0 Å². The van der Waals surface area contributed by atoms with Gasteiger partial charge in [-0.2, -0.15) is 0 Å². The number of alkyl halides is 1. The molecule has 5 heteroatoms. The molecule has 1 aromatic rings. The number of methoxy groups -OCH3 is 1. The number of nitrogens with zero attached hydrogens (tertiary/aromatic N) is 1. The fraction of sp³-hybridized carbons (Fsp3) is 0.250. The van der Waals surface area contributed by atoms with Crippen LogP contribution in [-0.4, -0.2) is 18.0 Å². The molecule has 4 nitrogen and oxygen atoms in total. The first-order valence-corrected chi connectivity index (χ1v) is 3.58. The number of halogens is 1. The average Bonchev–Trinajstić information content (AvgIpc) is 2.16. The summed E-state index contributed by atoms with van der Waals surface area (Å²) in [6.45, 7) is 0. The van der Waals surface area contributed by atoms with E-state index in [0.29, 0.717) is 0 Å². The van der Waals surface area contributed by atoms with Gasteiger partial charge in [0.05, 0.1) is 5.56 Å². The lowest BCUT2D eigenvalue weighted by Crippen LogP contribution is -2.16. The van der Waals surface area contributed by atoms with E-state index in [1.54, 1.807) is 0 Å². The number of amides is 1. The van der Waals surface area contributed by atoms with Crippen LogP contribution in [-0.2, 0) is 4.74 Å². The molecule has 0 bridgehead atoms. The predicted octanol–water partition coefficient (Wildman–Crippen LogP) is 0.795. The van der Waals surface area contributed by atoms with Crippen LogP contribution in [0.15, 0.2) is 18.3 Å². The Bertz CT molecular complexity index is 317. The zero-order valence-corrected chi connectivity index (χ0v) is 7.03. The highest BCUT2D eigenvalue weighted by atomic mass is 19.1. The fourth-order valence-electron chi connectivity index (χ4n) is 0.918. The molecule has 0 aliphatic carbocycles. The number of hydrogen-bond acceptors (Lipinski definition) is 3. The molecular weight excluding hydrogens is 175 g/mol. The third kappa shape index (κ3) is 2.00. The molecule has 1 heterocycles. The Morgan fingerprint density at radius 1 is 1.77 bits per heavy atom. The molecule has 70 valence electrons. The Morgan fingerprint density at radius 3 is 3.00 bits per heavy atom. The summed E-state index contributed by atoms with van der Waals surface area (Å²) in [4.78, 5) is 14.5. The molecule has 0 radical (unpaired) electrons. The zero-order chi connectivity index (χ0) is 9.84. The van der Waals surface area contributed by atoms with Gasteiger partial charge in [0.25, 0.3) is 5.91 Å². The van der Waals surface area contributed by atoms with Gasteiger partial charge in [0.1, 0.15) is 5.69 Å². The third-order valence-electron chi connectivity index (χ3n) is 1.53. The predicted molar refractivity (Wildman–Crippen MR) is 43.6 cm³/mol. The van der Waals surface area contributed by atoms with E-state index in [1.807, 2.05) is 0 Å². The molecule has 1 amide bonds. The number of primary amides is 1. The molecule has 0 saturated carbocycles. The molecule has 1 rings (SSSR count). The van der Waals surface area contributed by atoms with Crippen LogP contribution in [0.4, 0.5) is 4.39 Å². The van der Waals surface area contributed by atoms with Crippen LogP contribution in [0, 0.1) is 0 Å². The smallest absolute Gasteiger partial charge is 0.250 e. The van der Waals surface area contributed by atoms with Crippen LogP contribution in [0.1, 0.15) is 22.4 Å². The molecule has 1 aromatic heterocycles. The van der Waals surface area contributed by atoms with Gasteiger partial charge >= 0.3 is 0 Å². The molecule has 0 spiro atoms. The van der Waals surface area contributed by atoms with Gasteiger partial charge in [-0.1, -0.05) is 0 Å². The topological polar surface area (TPSA) is 65.2 Å². The summed E-state index contributed by atoms with van der Waals surface area (Å²) in [6.07, 6.45) is -0.350. The average molecular weight is 184 g/mol. The quantitative estimate of drug-likeness (QED) is 0.755. The summed E-state index contributed by atoms with van der Waals surface area (Å²) in [5, 5.41) is 0. The van der Waals surface area contributed by atoms with E-state index < -0.39 is 12.3 Å². The molecule has 2 N–H and O–H groups in total. The van der Waals surface area contributed by atoms with Gasteiger partial charge < -0.3 is 10.5 Å². The number of pyridine rings is 1. The maximum atomic E-state index is 13.0. The van der Waals surface area contributed by atoms with E-state index in [4.69, 9.17) is 5.73 Å². The normalized spacial score (nSPS) is 12.5. The van der Waals surface area contributed by atoms with Gasteiger partial charge in [0.2, 0.25) is 6.36 Å². The zero-order valence-electron chi connectivity index (χ0n) is 7.03. The summed E-state index contributed by atoms with van der Waals surface area (Å²) in [7, 11) is 1.18. The summed E-state index contributed by atoms with van der Waals surface area (Å²) >= 11 is 0. The minimum atomic E-state index is -1.72. The second kappa shape index (κ2) is 3.95. The van der Waals surface area contributed by atoms with E-state index in [9.17, 15) is 9.18 Å². The number of carbonyl (C=O) groups is 1. The Kier molecular flexibility index (Phi) is 2.92. The van der Waals surface area contributed by atoms with Crippen molar-refractivity contribution in [3.05, 3.63) is 29.6 Å². The second-order valence-electron chi connectivity index (χ2n) is 2.35. The second-order valence-corrected chi connectivity index (χ2v) is 2.35. The van der Waals surface area contributed by atoms with Crippen molar-refractivity contribution in [2.75, 3.05) is 7.11 Å². The van der Waals surface area contributed by atoms with E-state index in [-0.39, 0.29) is 11.3 Å². The number of ether oxygens (including phenoxy) is 1. The summed E-state index contributed by atoms with van der Waals surface area (Å²) in [5.74, 6) is -0.720. The largest absolute Gasteiger partial charge is 0.366 e. The molecule has 13 heavy (non-hydrogen) atoms. The molecular formula is C8H9FN2O2. The van der Waals surface area contributed by atoms with Crippen LogP contribution in [0.5, 0.6) is 0 Å². The van der Waals surface area contributed by atoms with E-state index in [1.165, 1.54) is 25.4 Å². The molecule has 1 atom stereocenters. The highest BCUT2D eigenvalue weighted by molar-refractivity contribution is 5.93. The minimum absolute atomic E-state index is 0.0388. The lowest BCUT2D eigenvalue weighted by atomic mass is 10.2. The maximum Gasteiger partial charge on any atom is 0.250 e. The monoisotopic (exact) mass is 184 g/mol. The highest BCUT2D eigenvalue weighted by Crippen LogP contribution is 2.18. The lowest BCUT2D eigenvalue weighted by molar-refractivity contribution is -0.0105. The molecule has 0 aliphatic rings. The minimum Gasteiger partial charge on any atom is -0.366 e. The van der Waals surface area contributed by atoms with Gasteiger partial charge in [-0.3, -0.25) is 9.78 Å². The Balaban J connectivity index is 3.11. The van der Waals surface area contributed by atoms with Crippen molar-refractivity contribution < 1.29 is 13.9 Å². The molecule has 0 fully saturated rings. The standard InChI is InChI=1S/C8H9FN2O2/c1-13-7(9)6-5(8(10)12)3-2-4-11-6/h2-4,7H,1H3,(H2,10,12). The Morgan fingerprint density at radius 2 is 2.46 bits per heavy atom. The SMILES string of the molecule is COC(F)c1ncccc1C(N)=O. The molecule has 1 unspecified atom stereocenters. The number of rotatable bonds is 3. The van der Waals surface area contributed by atoms with Gasteiger partial charge in [0, 0.05) is 13.3 Å². The number of carbonyl (C=O) groups excluding carboxylic acids is 1.